The first-order valence-corrected chi connectivity index (χ1v) is 8.62. The van der Waals surface area contributed by atoms with Gasteiger partial charge in [0.2, 0.25) is 5.91 Å². The van der Waals surface area contributed by atoms with E-state index in [1.165, 1.54) is 0 Å². The molecule has 0 unspecified atom stereocenters. The fourth-order valence-corrected chi connectivity index (χ4v) is 3.95. The molecule has 25 heavy (non-hydrogen) atoms. The molecule has 132 valence electrons. The van der Waals surface area contributed by atoms with Crippen LogP contribution in [-0.4, -0.2) is 63.5 Å². The lowest BCUT2D eigenvalue weighted by Gasteiger charge is -2.38. The van der Waals surface area contributed by atoms with Gasteiger partial charge in [-0.2, -0.15) is 0 Å². The Morgan fingerprint density at radius 2 is 2.20 bits per heavy atom. The molecule has 0 aromatic carbocycles. The first kappa shape index (κ1) is 15.9. The third-order valence-electron chi connectivity index (χ3n) is 5.18. The SMILES string of the molecule is Cc1nc2ccccn2c1CC(=O)N1CCC[C@@]2(CN(C)C(=O)O2)C1. The van der Waals surface area contributed by atoms with E-state index in [4.69, 9.17) is 4.74 Å². The highest BCUT2D eigenvalue weighted by molar-refractivity contribution is 5.79. The Kier molecular flexibility index (Phi) is 3.67. The van der Waals surface area contributed by atoms with Gasteiger partial charge >= 0.3 is 6.09 Å². The maximum Gasteiger partial charge on any atom is 0.410 e. The molecule has 2 amide bonds. The second-order valence-corrected chi connectivity index (χ2v) is 7.08. The van der Waals surface area contributed by atoms with Crippen molar-refractivity contribution in [1.82, 2.24) is 19.2 Å². The van der Waals surface area contributed by atoms with E-state index in [1.807, 2.05) is 40.6 Å². The molecule has 2 saturated heterocycles. The number of nitrogens with zero attached hydrogens (tertiary/aromatic N) is 4. The second-order valence-electron chi connectivity index (χ2n) is 7.08. The summed E-state index contributed by atoms with van der Waals surface area (Å²) in [5, 5.41) is 0. The predicted molar refractivity (Wildman–Crippen MR) is 91.3 cm³/mol. The highest BCUT2D eigenvalue weighted by Gasteiger charge is 2.47. The molecule has 7 heteroatoms. The summed E-state index contributed by atoms with van der Waals surface area (Å²) in [4.78, 5) is 32.6. The molecular formula is C18H22N4O3. The number of likely N-dealkylation sites (N-methyl/N-ethyl adjacent to an activating group) is 1. The molecule has 2 aromatic heterocycles. The molecule has 0 saturated carbocycles. The summed E-state index contributed by atoms with van der Waals surface area (Å²) >= 11 is 0. The van der Waals surface area contributed by atoms with Crippen molar-refractivity contribution in [2.45, 2.75) is 31.8 Å². The average molecular weight is 342 g/mol. The number of ether oxygens (including phenoxy) is 1. The average Bonchev–Trinajstić information content (AvgIpc) is 3.04. The van der Waals surface area contributed by atoms with E-state index in [0.29, 0.717) is 26.1 Å². The standard InChI is InChI=1S/C18H22N4O3/c1-13-14(22-9-4-3-6-15(22)19-13)10-16(23)21-8-5-7-18(12-21)11-20(2)17(24)25-18/h3-4,6,9H,5,7-8,10-12H2,1-2H3/t18-/m1/s1. The van der Waals surface area contributed by atoms with Gasteiger partial charge in [-0.05, 0) is 31.9 Å². The van der Waals surface area contributed by atoms with Crippen LogP contribution in [0.5, 0.6) is 0 Å². The zero-order valence-corrected chi connectivity index (χ0v) is 14.6. The number of fused-ring (bicyclic) bond motifs is 1. The Labute approximate surface area is 146 Å². The summed E-state index contributed by atoms with van der Waals surface area (Å²) in [6.45, 7) is 3.65. The number of carbonyl (C=O) groups is 2. The quantitative estimate of drug-likeness (QED) is 0.832. The van der Waals surface area contributed by atoms with Crippen molar-refractivity contribution in [3.63, 3.8) is 0 Å². The fourth-order valence-electron chi connectivity index (χ4n) is 3.95. The highest BCUT2D eigenvalue weighted by atomic mass is 16.6. The number of hydrogen-bond donors (Lipinski definition) is 0. The van der Waals surface area contributed by atoms with E-state index in [9.17, 15) is 9.59 Å². The van der Waals surface area contributed by atoms with Gasteiger partial charge in [0.05, 0.1) is 30.9 Å². The van der Waals surface area contributed by atoms with Crippen LogP contribution >= 0.6 is 0 Å². The topological polar surface area (TPSA) is 67.2 Å². The number of likely N-dealkylation sites (tertiary alicyclic amines) is 1. The molecule has 0 radical (unpaired) electrons. The summed E-state index contributed by atoms with van der Waals surface area (Å²) in [6, 6.07) is 5.81. The van der Waals surface area contributed by atoms with E-state index < -0.39 is 5.60 Å². The lowest BCUT2D eigenvalue weighted by Crippen LogP contribution is -2.52. The zero-order chi connectivity index (χ0) is 17.6. The lowest BCUT2D eigenvalue weighted by molar-refractivity contribution is -0.136. The molecule has 1 spiro atoms. The number of hydrogen-bond acceptors (Lipinski definition) is 4. The van der Waals surface area contributed by atoms with Crippen molar-refractivity contribution in [2.75, 3.05) is 26.7 Å². The molecule has 0 aliphatic carbocycles. The normalized spacial score (nSPS) is 23.5. The number of imidazole rings is 1. The van der Waals surface area contributed by atoms with E-state index in [-0.39, 0.29) is 12.0 Å². The maximum atomic E-state index is 12.9. The third-order valence-corrected chi connectivity index (χ3v) is 5.18. The highest BCUT2D eigenvalue weighted by Crippen LogP contribution is 2.31. The minimum Gasteiger partial charge on any atom is -0.439 e. The Morgan fingerprint density at radius 3 is 2.96 bits per heavy atom. The zero-order valence-electron chi connectivity index (χ0n) is 14.6. The number of amides is 2. The van der Waals surface area contributed by atoms with Crippen LogP contribution in [0.3, 0.4) is 0 Å². The molecule has 0 bridgehead atoms. The van der Waals surface area contributed by atoms with E-state index in [2.05, 4.69) is 4.98 Å². The number of piperidine rings is 1. The molecule has 2 aromatic rings. The minimum atomic E-state index is -0.547. The van der Waals surface area contributed by atoms with Gasteiger partial charge < -0.3 is 18.9 Å². The Bertz CT molecular complexity index is 846. The summed E-state index contributed by atoms with van der Waals surface area (Å²) in [6.07, 6.45) is 3.59. The van der Waals surface area contributed by atoms with E-state index >= 15 is 0 Å². The molecular weight excluding hydrogens is 320 g/mol. The minimum absolute atomic E-state index is 0.0541. The van der Waals surface area contributed by atoms with Crippen molar-refractivity contribution in [1.29, 1.82) is 0 Å². The molecule has 7 nitrogen and oxygen atoms in total. The van der Waals surface area contributed by atoms with Gasteiger partial charge in [-0.3, -0.25) is 4.79 Å². The largest absolute Gasteiger partial charge is 0.439 e. The molecule has 1 atom stereocenters. The van der Waals surface area contributed by atoms with Gasteiger partial charge in [0.25, 0.3) is 0 Å². The third kappa shape index (κ3) is 2.73. The van der Waals surface area contributed by atoms with Gasteiger partial charge in [-0.15, -0.1) is 0 Å². The van der Waals surface area contributed by atoms with Crippen molar-refractivity contribution in [3.05, 3.63) is 35.8 Å². The van der Waals surface area contributed by atoms with Crippen molar-refractivity contribution >= 4 is 17.6 Å². The number of aryl methyl sites for hydroxylation is 1. The van der Waals surface area contributed by atoms with Crippen LogP contribution in [0, 0.1) is 6.92 Å². The van der Waals surface area contributed by atoms with Crippen LogP contribution in [0.4, 0.5) is 4.79 Å². The van der Waals surface area contributed by atoms with Gasteiger partial charge in [0, 0.05) is 19.8 Å². The molecule has 4 rings (SSSR count). The summed E-state index contributed by atoms with van der Waals surface area (Å²) < 4.78 is 7.56. The van der Waals surface area contributed by atoms with Crippen LogP contribution in [0.1, 0.15) is 24.2 Å². The molecule has 2 fully saturated rings. The molecule has 2 aliphatic rings. The Hall–Kier alpha value is -2.57. The molecule has 2 aliphatic heterocycles. The van der Waals surface area contributed by atoms with E-state index in [0.717, 1.165) is 29.9 Å². The first-order valence-electron chi connectivity index (χ1n) is 8.62. The predicted octanol–water partition coefficient (Wildman–Crippen LogP) is 1.63. The summed E-state index contributed by atoms with van der Waals surface area (Å²) in [5.74, 6) is 0.0541. The van der Waals surface area contributed by atoms with Gasteiger partial charge in [-0.1, -0.05) is 6.07 Å². The summed E-state index contributed by atoms with van der Waals surface area (Å²) in [7, 11) is 1.74. The van der Waals surface area contributed by atoms with Crippen LogP contribution in [0.25, 0.3) is 5.65 Å². The Morgan fingerprint density at radius 1 is 1.36 bits per heavy atom. The van der Waals surface area contributed by atoms with Gasteiger partial charge in [0.15, 0.2) is 0 Å². The monoisotopic (exact) mass is 342 g/mol. The van der Waals surface area contributed by atoms with Crippen LogP contribution in [0.15, 0.2) is 24.4 Å². The number of pyridine rings is 1. The number of aromatic nitrogens is 2. The van der Waals surface area contributed by atoms with Gasteiger partial charge in [-0.25, -0.2) is 9.78 Å². The van der Waals surface area contributed by atoms with Crippen molar-refractivity contribution in [3.8, 4) is 0 Å². The fraction of sp³-hybridized carbons (Fsp3) is 0.500. The maximum absolute atomic E-state index is 12.9. The first-order chi connectivity index (χ1) is 12.0. The lowest BCUT2D eigenvalue weighted by atomic mass is 9.92. The second kappa shape index (κ2) is 5.75. The van der Waals surface area contributed by atoms with Gasteiger partial charge in [0.1, 0.15) is 11.2 Å². The van der Waals surface area contributed by atoms with Crippen LogP contribution < -0.4 is 0 Å². The Balaban J connectivity index is 1.53. The summed E-state index contributed by atoms with van der Waals surface area (Å²) in [5.41, 5.74) is 2.09. The van der Waals surface area contributed by atoms with E-state index in [1.54, 1.807) is 11.9 Å². The van der Waals surface area contributed by atoms with Crippen LogP contribution in [-0.2, 0) is 16.0 Å². The number of rotatable bonds is 2. The smallest absolute Gasteiger partial charge is 0.410 e. The van der Waals surface area contributed by atoms with Crippen molar-refractivity contribution < 1.29 is 14.3 Å². The van der Waals surface area contributed by atoms with Crippen LogP contribution in [0.2, 0.25) is 0 Å². The van der Waals surface area contributed by atoms with Crippen molar-refractivity contribution in [2.24, 2.45) is 0 Å². The number of carbonyl (C=O) groups excluding carboxylic acids is 2. The molecule has 4 heterocycles. The molecule has 0 N–H and O–H groups in total.